The van der Waals surface area contributed by atoms with E-state index < -0.39 is 0 Å². The van der Waals surface area contributed by atoms with Crippen LogP contribution in [0.2, 0.25) is 0 Å². The molecule has 7 heteroatoms. The first-order chi connectivity index (χ1) is 15.1. The van der Waals surface area contributed by atoms with Crippen LogP contribution in [-0.4, -0.2) is 73.1 Å². The van der Waals surface area contributed by atoms with Crippen LogP contribution in [0.4, 0.5) is 0 Å². The molecular formula is C24H42N6O. The summed E-state index contributed by atoms with van der Waals surface area (Å²) in [7, 11) is 1.89. The van der Waals surface area contributed by atoms with Crippen molar-refractivity contribution in [3.8, 4) is 0 Å². The van der Waals surface area contributed by atoms with Gasteiger partial charge in [-0.25, -0.2) is 4.98 Å². The topological polar surface area (TPSA) is 68.9 Å². The first-order valence-electron chi connectivity index (χ1n) is 12.4. The molecule has 1 unspecified atom stereocenters. The van der Waals surface area contributed by atoms with E-state index in [1.54, 1.807) is 0 Å². The van der Waals surface area contributed by atoms with E-state index in [4.69, 9.17) is 4.42 Å². The Bertz CT molecular complexity index is 698. The van der Waals surface area contributed by atoms with Crippen LogP contribution in [0.3, 0.4) is 0 Å². The van der Waals surface area contributed by atoms with Gasteiger partial charge in [0.05, 0.1) is 12.2 Å². The maximum absolute atomic E-state index is 5.75. The molecule has 7 nitrogen and oxygen atoms in total. The van der Waals surface area contributed by atoms with Gasteiger partial charge in [-0.15, -0.1) is 0 Å². The average molecular weight is 431 g/mol. The van der Waals surface area contributed by atoms with Crippen LogP contribution < -0.4 is 10.6 Å². The molecule has 31 heavy (non-hydrogen) atoms. The second-order valence-corrected chi connectivity index (χ2v) is 9.96. The molecule has 1 aromatic rings. The third-order valence-electron chi connectivity index (χ3n) is 7.52. The van der Waals surface area contributed by atoms with Crippen molar-refractivity contribution in [2.24, 2.45) is 16.8 Å². The van der Waals surface area contributed by atoms with E-state index in [0.29, 0.717) is 12.0 Å². The molecule has 1 aliphatic carbocycles. The summed E-state index contributed by atoms with van der Waals surface area (Å²) in [6.07, 6.45) is 9.40. The number of piperidine rings is 1. The van der Waals surface area contributed by atoms with Crippen molar-refractivity contribution < 1.29 is 4.42 Å². The molecule has 0 spiro atoms. The van der Waals surface area contributed by atoms with Crippen LogP contribution in [0.15, 0.2) is 9.41 Å². The Morgan fingerprint density at radius 3 is 2.45 bits per heavy atom. The second kappa shape index (κ2) is 10.8. The lowest BCUT2D eigenvalue weighted by Gasteiger charge is -2.31. The van der Waals surface area contributed by atoms with E-state index >= 15 is 0 Å². The average Bonchev–Trinajstić information content (AvgIpc) is 3.50. The third-order valence-corrected chi connectivity index (χ3v) is 7.52. The van der Waals surface area contributed by atoms with E-state index in [9.17, 15) is 0 Å². The number of hydrogen-bond donors (Lipinski definition) is 2. The van der Waals surface area contributed by atoms with Crippen LogP contribution in [0.25, 0.3) is 0 Å². The van der Waals surface area contributed by atoms with Crippen LogP contribution >= 0.6 is 0 Å². The van der Waals surface area contributed by atoms with Crippen LogP contribution in [0.1, 0.15) is 62.3 Å². The number of nitrogens with zero attached hydrogens (tertiary/aromatic N) is 4. The molecule has 174 valence electrons. The predicted molar refractivity (Wildman–Crippen MR) is 125 cm³/mol. The summed E-state index contributed by atoms with van der Waals surface area (Å²) in [5.41, 5.74) is 1.01. The highest BCUT2D eigenvalue weighted by molar-refractivity contribution is 5.80. The number of guanidine groups is 1. The van der Waals surface area contributed by atoms with Gasteiger partial charge in [-0.2, -0.15) is 0 Å². The fourth-order valence-electron chi connectivity index (χ4n) is 5.45. The molecule has 0 aromatic carbocycles. The van der Waals surface area contributed by atoms with Crippen molar-refractivity contribution in [1.29, 1.82) is 0 Å². The van der Waals surface area contributed by atoms with Gasteiger partial charge in [0.25, 0.3) is 0 Å². The molecule has 2 N–H and O–H groups in total. The number of rotatable bonds is 7. The molecule has 0 radical (unpaired) electrons. The molecule has 3 fully saturated rings. The fourth-order valence-corrected chi connectivity index (χ4v) is 5.45. The maximum atomic E-state index is 5.75. The van der Waals surface area contributed by atoms with Crippen molar-refractivity contribution in [2.75, 3.05) is 46.3 Å². The van der Waals surface area contributed by atoms with Crippen molar-refractivity contribution in [3.63, 3.8) is 0 Å². The normalized spacial score (nSPS) is 24.9. The van der Waals surface area contributed by atoms with Crippen molar-refractivity contribution in [1.82, 2.24) is 25.4 Å². The van der Waals surface area contributed by atoms with Crippen molar-refractivity contribution >= 4 is 5.96 Å². The SMILES string of the molecule is CN=C(NCC1CCN(Cc2nc(C)c(C)o2)CC1)NC1CCN(CC2CCCC2)C1. The highest BCUT2D eigenvalue weighted by atomic mass is 16.4. The van der Waals surface area contributed by atoms with Gasteiger partial charge in [0, 0.05) is 39.3 Å². The van der Waals surface area contributed by atoms with Crippen LogP contribution in [0, 0.1) is 25.7 Å². The quantitative estimate of drug-likeness (QED) is 0.512. The van der Waals surface area contributed by atoms with Gasteiger partial charge >= 0.3 is 0 Å². The first-order valence-corrected chi connectivity index (χ1v) is 12.4. The van der Waals surface area contributed by atoms with Gasteiger partial charge < -0.3 is 20.0 Å². The molecule has 1 aromatic heterocycles. The summed E-state index contributed by atoms with van der Waals surface area (Å²) in [5.74, 6) is 4.41. The molecule has 1 saturated carbocycles. The van der Waals surface area contributed by atoms with Crippen molar-refractivity contribution in [2.45, 2.75) is 71.4 Å². The molecule has 2 saturated heterocycles. The Balaban J connectivity index is 1.13. The zero-order chi connectivity index (χ0) is 21.6. The third kappa shape index (κ3) is 6.45. The van der Waals surface area contributed by atoms with E-state index in [1.807, 2.05) is 20.9 Å². The minimum absolute atomic E-state index is 0.530. The molecule has 2 aliphatic heterocycles. The monoisotopic (exact) mass is 430 g/mol. The first kappa shape index (κ1) is 22.6. The number of nitrogens with one attached hydrogen (secondary N) is 2. The standard InChI is InChI=1S/C24H42N6O/c1-18-19(2)31-23(27-18)17-29-11-8-20(9-12-29)14-26-24(25-3)28-22-10-13-30(16-22)15-21-6-4-5-7-21/h20-22H,4-17H2,1-3H3,(H2,25,26,28). The zero-order valence-corrected chi connectivity index (χ0v) is 19.8. The highest BCUT2D eigenvalue weighted by Crippen LogP contribution is 2.26. The molecule has 3 aliphatic rings. The molecule has 4 rings (SSSR count). The van der Waals surface area contributed by atoms with Gasteiger partial charge in [-0.3, -0.25) is 9.89 Å². The predicted octanol–water partition coefficient (Wildman–Crippen LogP) is 2.93. The summed E-state index contributed by atoms with van der Waals surface area (Å²) in [6.45, 7) is 11.7. The highest BCUT2D eigenvalue weighted by Gasteiger charge is 2.27. The number of aryl methyl sites for hydroxylation is 2. The lowest BCUT2D eigenvalue weighted by atomic mass is 9.97. The Hall–Kier alpha value is -1.60. The minimum Gasteiger partial charge on any atom is -0.444 e. The van der Waals surface area contributed by atoms with Gasteiger partial charge in [0.1, 0.15) is 5.76 Å². The van der Waals surface area contributed by atoms with Gasteiger partial charge in [0.15, 0.2) is 5.96 Å². The molecule has 0 bridgehead atoms. The number of likely N-dealkylation sites (tertiary alicyclic amines) is 2. The Labute approximate surface area is 188 Å². The molecule has 3 heterocycles. The van der Waals surface area contributed by atoms with E-state index in [0.717, 1.165) is 61.9 Å². The lowest BCUT2D eigenvalue weighted by Crippen LogP contribution is -2.47. The van der Waals surface area contributed by atoms with Gasteiger partial charge in [-0.1, -0.05) is 12.8 Å². The molecule has 0 amide bonds. The number of hydrogen-bond acceptors (Lipinski definition) is 5. The largest absolute Gasteiger partial charge is 0.444 e. The summed E-state index contributed by atoms with van der Waals surface area (Å²) in [6, 6.07) is 0.530. The second-order valence-electron chi connectivity index (χ2n) is 9.96. The van der Waals surface area contributed by atoms with Crippen LogP contribution in [-0.2, 0) is 6.54 Å². The number of aromatic nitrogens is 1. The molecule has 1 atom stereocenters. The fraction of sp³-hybridized carbons (Fsp3) is 0.833. The summed E-state index contributed by atoms with van der Waals surface area (Å²) in [5, 5.41) is 7.28. The Kier molecular flexibility index (Phi) is 7.88. The summed E-state index contributed by atoms with van der Waals surface area (Å²) >= 11 is 0. The maximum Gasteiger partial charge on any atom is 0.208 e. The van der Waals surface area contributed by atoms with E-state index in [1.165, 1.54) is 58.0 Å². The Morgan fingerprint density at radius 2 is 1.77 bits per heavy atom. The minimum atomic E-state index is 0.530. The van der Waals surface area contributed by atoms with E-state index in [2.05, 4.69) is 30.4 Å². The van der Waals surface area contributed by atoms with Gasteiger partial charge in [0.2, 0.25) is 5.89 Å². The Morgan fingerprint density at radius 1 is 1.03 bits per heavy atom. The summed E-state index contributed by atoms with van der Waals surface area (Å²) in [4.78, 5) is 14.1. The number of oxazole rings is 1. The molecular weight excluding hydrogens is 388 g/mol. The smallest absolute Gasteiger partial charge is 0.208 e. The number of aliphatic imine (C=N–C) groups is 1. The van der Waals surface area contributed by atoms with Gasteiger partial charge in [-0.05, 0) is 70.9 Å². The van der Waals surface area contributed by atoms with E-state index in [-0.39, 0.29) is 0 Å². The zero-order valence-electron chi connectivity index (χ0n) is 19.8. The summed E-state index contributed by atoms with van der Waals surface area (Å²) < 4.78 is 5.75. The van der Waals surface area contributed by atoms with Crippen molar-refractivity contribution in [3.05, 3.63) is 17.3 Å². The van der Waals surface area contributed by atoms with Crippen LogP contribution in [0.5, 0.6) is 0 Å². The lowest BCUT2D eigenvalue weighted by molar-refractivity contribution is 0.164.